The zero-order chi connectivity index (χ0) is 20.7. The van der Waals surface area contributed by atoms with Crippen LogP contribution in [0.3, 0.4) is 0 Å². The molecule has 0 aliphatic rings. The summed E-state index contributed by atoms with van der Waals surface area (Å²) in [6.07, 6.45) is 0. The molecule has 0 fully saturated rings. The zero-order valence-electron chi connectivity index (χ0n) is 15.1. The minimum atomic E-state index is -3.01. The van der Waals surface area contributed by atoms with Crippen molar-refractivity contribution in [2.45, 2.75) is 13.2 Å². The van der Waals surface area contributed by atoms with Gasteiger partial charge in [0.25, 0.3) is 11.6 Å². The van der Waals surface area contributed by atoms with Crippen LogP contribution >= 0.6 is 0 Å². The number of halogens is 2. The maximum atomic E-state index is 12.5. The standard InChI is InChI=1S/C18H18F2N2O6/c1-21(10-12-6-7-15(26-2)16(8-12)28-18(19)20)17(23)11-27-14-5-3-4-13(9-14)22(24)25/h3-9,18H,10-11H2,1-2H3. The van der Waals surface area contributed by atoms with Crippen LogP contribution in [-0.2, 0) is 11.3 Å². The lowest BCUT2D eigenvalue weighted by Gasteiger charge is -2.19. The van der Waals surface area contributed by atoms with Crippen molar-refractivity contribution in [1.82, 2.24) is 4.90 Å². The van der Waals surface area contributed by atoms with E-state index in [4.69, 9.17) is 9.47 Å². The molecule has 0 bridgehead atoms. The van der Waals surface area contributed by atoms with Gasteiger partial charge in [0.15, 0.2) is 18.1 Å². The number of methoxy groups -OCH3 is 1. The van der Waals surface area contributed by atoms with Crippen LogP contribution in [0.1, 0.15) is 5.56 Å². The number of nitrogens with zero attached hydrogens (tertiary/aromatic N) is 2. The van der Waals surface area contributed by atoms with Gasteiger partial charge >= 0.3 is 6.61 Å². The first-order chi connectivity index (χ1) is 13.3. The number of ether oxygens (including phenoxy) is 3. The Kier molecular flexibility index (Phi) is 7.08. The van der Waals surface area contributed by atoms with E-state index in [0.29, 0.717) is 5.56 Å². The van der Waals surface area contributed by atoms with Gasteiger partial charge in [-0.3, -0.25) is 14.9 Å². The van der Waals surface area contributed by atoms with Crippen molar-refractivity contribution >= 4 is 11.6 Å². The van der Waals surface area contributed by atoms with Crippen molar-refractivity contribution in [3.05, 3.63) is 58.1 Å². The van der Waals surface area contributed by atoms with Crippen molar-refractivity contribution in [2.75, 3.05) is 20.8 Å². The van der Waals surface area contributed by atoms with Gasteiger partial charge in [-0.2, -0.15) is 8.78 Å². The molecule has 0 saturated heterocycles. The summed E-state index contributed by atoms with van der Waals surface area (Å²) in [4.78, 5) is 23.7. The van der Waals surface area contributed by atoms with E-state index in [1.165, 1.54) is 55.5 Å². The van der Waals surface area contributed by atoms with Gasteiger partial charge in [0.2, 0.25) is 0 Å². The maximum absolute atomic E-state index is 12.5. The molecule has 0 heterocycles. The molecule has 2 rings (SSSR count). The molecule has 2 aromatic rings. The normalized spacial score (nSPS) is 10.5. The van der Waals surface area contributed by atoms with Crippen LogP contribution in [0.5, 0.6) is 17.2 Å². The number of nitro groups is 1. The van der Waals surface area contributed by atoms with Crippen LogP contribution in [0.2, 0.25) is 0 Å². The average Bonchev–Trinajstić information content (AvgIpc) is 2.66. The van der Waals surface area contributed by atoms with Crippen molar-refractivity contribution in [1.29, 1.82) is 0 Å². The molecule has 0 unspecified atom stereocenters. The molecule has 0 aliphatic heterocycles. The lowest BCUT2D eigenvalue weighted by molar-refractivity contribution is -0.384. The van der Waals surface area contributed by atoms with Crippen LogP contribution in [0.15, 0.2) is 42.5 Å². The summed E-state index contributed by atoms with van der Waals surface area (Å²) in [6, 6.07) is 9.90. The van der Waals surface area contributed by atoms with Crippen LogP contribution in [-0.4, -0.2) is 43.1 Å². The Morgan fingerprint density at radius 2 is 1.96 bits per heavy atom. The topological polar surface area (TPSA) is 91.1 Å². The van der Waals surface area contributed by atoms with Gasteiger partial charge < -0.3 is 19.1 Å². The number of nitro benzene ring substituents is 1. The minimum absolute atomic E-state index is 0.112. The third kappa shape index (κ3) is 5.79. The van der Waals surface area contributed by atoms with Gasteiger partial charge in [0, 0.05) is 19.7 Å². The number of carbonyl (C=O) groups excluding carboxylic acids is 1. The molecule has 8 nitrogen and oxygen atoms in total. The van der Waals surface area contributed by atoms with Crippen molar-refractivity contribution in [2.24, 2.45) is 0 Å². The minimum Gasteiger partial charge on any atom is -0.493 e. The number of non-ortho nitro benzene ring substituents is 1. The van der Waals surface area contributed by atoms with Gasteiger partial charge in [0.05, 0.1) is 18.1 Å². The van der Waals surface area contributed by atoms with E-state index < -0.39 is 17.4 Å². The third-order valence-corrected chi connectivity index (χ3v) is 3.68. The Morgan fingerprint density at radius 3 is 2.61 bits per heavy atom. The molecule has 0 saturated carbocycles. The Balaban J connectivity index is 1.98. The second kappa shape index (κ2) is 9.49. The number of alkyl halides is 2. The summed E-state index contributed by atoms with van der Waals surface area (Å²) in [5, 5.41) is 10.8. The monoisotopic (exact) mass is 396 g/mol. The Morgan fingerprint density at radius 1 is 1.21 bits per heavy atom. The molecule has 150 valence electrons. The third-order valence-electron chi connectivity index (χ3n) is 3.68. The molecule has 0 atom stereocenters. The zero-order valence-corrected chi connectivity index (χ0v) is 15.1. The van der Waals surface area contributed by atoms with Gasteiger partial charge in [0.1, 0.15) is 5.75 Å². The lowest BCUT2D eigenvalue weighted by Crippen LogP contribution is -2.31. The highest BCUT2D eigenvalue weighted by Gasteiger charge is 2.15. The first-order valence-corrected chi connectivity index (χ1v) is 8.03. The van der Waals surface area contributed by atoms with Gasteiger partial charge in [-0.1, -0.05) is 12.1 Å². The second-order valence-electron chi connectivity index (χ2n) is 5.66. The summed E-state index contributed by atoms with van der Waals surface area (Å²) in [5.74, 6) is -0.206. The molecule has 10 heteroatoms. The number of likely N-dealkylation sites (N-methyl/N-ethyl adjacent to an activating group) is 1. The Hall–Kier alpha value is -3.43. The largest absolute Gasteiger partial charge is 0.493 e. The molecule has 0 aliphatic carbocycles. The predicted molar refractivity (Wildman–Crippen MR) is 94.7 cm³/mol. The van der Waals surface area contributed by atoms with E-state index in [1.54, 1.807) is 6.07 Å². The number of rotatable bonds is 9. The summed E-state index contributed by atoms with van der Waals surface area (Å²) in [5.41, 5.74) is 0.394. The van der Waals surface area contributed by atoms with Crippen LogP contribution < -0.4 is 14.2 Å². The fourth-order valence-electron chi connectivity index (χ4n) is 2.31. The first-order valence-electron chi connectivity index (χ1n) is 8.03. The SMILES string of the molecule is COc1ccc(CN(C)C(=O)COc2cccc([N+](=O)[O-])c2)cc1OC(F)F. The first kappa shape index (κ1) is 20.9. The van der Waals surface area contributed by atoms with Crippen molar-refractivity contribution in [3.8, 4) is 17.2 Å². The van der Waals surface area contributed by atoms with E-state index in [9.17, 15) is 23.7 Å². The summed E-state index contributed by atoms with van der Waals surface area (Å²) in [6.45, 7) is -3.23. The molecule has 0 radical (unpaired) electrons. The fourth-order valence-corrected chi connectivity index (χ4v) is 2.31. The van der Waals surface area contributed by atoms with Crippen molar-refractivity contribution < 1.29 is 32.7 Å². The van der Waals surface area contributed by atoms with Crippen LogP contribution in [0.4, 0.5) is 14.5 Å². The number of benzene rings is 2. The molecule has 0 aromatic heterocycles. The van der Waals surface area contributed by atoms with E-state index in [0.717, 1.165) is 0 Å². The average molecular weight is 396 g/mol. The highest BCUT2D eigenvalue weighted by Crippen LogP contribution is 2.30. The maximum Gasteiger partial charge on any atom is 0.387 e. The predicted octanol–water partition coefficient (Wildman–Crippen LogP) is 3.24. The van der Waals surface area contributed by atoms with Crippen LogP contribution in [0.25, 0.3) is 0 Å². The Labute approximate surface area is 159 Å². The van der Waals surface area contributed by atoms with E-state index >= 15 is 0 Å². The van der Waals surface area contributed by atoms with E-state index in [1.807, 2.05) is 0 Å². The Bertz CT molecular complexity index is 847. The second-order valence-corrected chi connectivity index (χ2v) is 5.66. The number of amides is 1. The van der Waals surface area contributed by atoms with Crippen LogP contribution in [0, 0.1) is 10.1 Å². The van der Waals surface area contributed by atoms with Gasteiger partial charge in [-0.15, -0.1) is 0 Å². The van der Waals surface area contributed by atoms with Crippen molar-refractivity contribution in [3.63, 3.8) is 0 Å². The van der Waals surface area contributed by atoms with Gasteiger partial charge in [-0.05, 0) is 23.8 Å². The quantitative estimate of drug-likeness (QED) is 0.477. The number of carbonyl (C=O) groups is 1. The summed E-state index contributed by atoms with van der Waals surface area (Å²) >= 11 is 0. The molecule has 0 spiro atoms. The molecule has 28 heavy (non-hydrogen) atoms. The number of hydrogen-bond donors (Lipinski definition) is 0. The smallest absolute Gasteiger partial charge is 0.387 e. The lowest BCUT2D eigenvalue weighted by atomic mass is 10.2. The molecule has 0 N–H and O–H groups in total. The summed E-state index contributed by atoms with van der Waals surface area (Å²) < 4.78 is 39.7. The molecular weight excluding hydrogens is 378 g/mol. The summed E-state index contributed by atoms with van der Waals surface area (Å²) in [7, 11) is 2.84. The highest BCUT2D eigenvalue weighted by atomic mass is 19.3. The van der Waals surface area contributed by atoms with E-state index in [2.05, 4.69) is 4.74 Å². The molecule has 2 aromatic carbocycles. The van der Waals surface area contributed by atoms with Gasteiger partial charge in [-0.25, -0.2) is 0 Å². The highest BCUT2D eigenvalue weighted by molar-refractivity contribution is 5.77. The number of hydrogen-bond acceptors (Lipinski definition) is 6. The van der Waals surface area contributed by atoms with E-state index in [-0.39, 0.29) is 36.1 Å². The fraction of sp³-hybridized carbons (Fsp3) is 0.278. The molecule has 1 amide bonds. The molecular formula is C18H18F2N2O6.